The van der Waals surface area contributed by atoms with Crippen molar-refractivity contribution in [1.82, 2.24) is 20.5 Å². The highest BCUT2D eigenvalue weighted by Gasteiger charge is 2.38. The molecule has 0 spiro atoms. The highest BCUT2D eigenvalue weighted by molar-refractivity contribution is 5.83. The monoisotopic (exact) mass is 372 g/mol. The average molecular weight is 373 g/mol. The van der Waals surface area contributed by atoms with Crippen LogP contribution < -0.4 is 10.6 Å². The molecule has 1 aliphatic heterocycles. The van der Waals surface area contributed by atoms with Crippen LogP contribution in [0.1, 0.15) is 51.0 Å². The van der Waals surface area contributed by atoms with Crippen LogP contribution in [0, 0.1) is 5.92 Å². The van der Waals surface area contributed by atoms with Gasteiger partial charge in [0.25, 0.3) is 0 Å². The molecule has 0 unspecified atom stereocenters. The van der Waals surface area contributed by atoms with Gasteiger partial charge >= 0.3 is 0 Å². The van der Waals surface area contributed by atoms with Crippen LogP contribution in [0.5, 0.6) is 0 Å². The molecule has 1 aliphatic carbocycles. The first-order chi connectivity index (χ1) is 13.2. The topological polar surface area (TPSA) is 74.3 Å². The number of likely N-dealkylation sites (tertiary alicyclic amines) is 1. The molecule has 2 atom stereocenters. The summed E-state index contributed by atoms with van der Waals surface area (Å²) in [4.78, 5) is 31.3. The third-order valence-corrected chi connectivity index (χ3v) is 5.73. The predicted octanol–water partition coefficient (Wildman–Crippen LogP) is 1.90. The Hall–Kier alpha value is -1.95. The van der Waals surface area contributed by atoms with Crippen molar-refractivity contribution in [2.24, 2.45) is 5.92 Å². The highest BCUT2D eigenvalue weighted by atomic mass is 16.2. The van der Waals surface area contributed by atoms with E-state index in [4.69, 9.17) is 0 Å². The minimum atomic E-state index is -0.129. The Bertz CT molecular complexity index is 616. The summed E-state index contributed by atoms with van der Waals surface area (Å²) in [5.74, 6) is 0.778. The fourth-order valence-electron chi connectivity index (χ4n) is 4.44. The standard InChI is InChI=1S/C21H32N4O2/c1-2-23-21(27)19-12-18(15-25(19)14-16-7-4-3-5-8-16)24-20(26)11-17-9-6-10-22-13-17/h6,9-10,13,16,18-19H,2-5,7-8,11-12,14-15H2,1H3,(H,23,27)(H,24,26)/t18-,19+/m1/s1. The molecular formula is C21H32N4O2. The van der Waals surface area contributed by atoms with Gasteiger partial charge in [0.2, 0.25) is 11.8 Å². The van der Waals surface area contributed by atoms with Crippen LogP contribution >= 0.6 is 0 Å². The first-order valence-corrected chi connectivity index (χ1v) is 10.4. The van der Waals surface area contributed by atoms with E-state index in [1.165, 1.54) is 32.1 Å². The van der Waals surface area contributed by atoms with Crippen LogP contribution in [-0.4, -0.2) is 53.4 Å². The molecule has 27 heavy (non-hydrogen) atoms. The first-order valence-electron chi connectivity index (χ1n) is 10.4. The molecule has 2 fully saturated rings. The Morgan fingerprint density at radius 1 is 1.26 bits per heavy atom. The van der Waals surface area contributed by atoms with E-state index >= 15 is 0 Å². The smallest absolute Gasteiger partial charge is 0.237 e. The molecule has 1 aromatic heterocycles. The molecule has 1 saturated heterocycles. The van der Waals surface area contributed by atoms with Crippen LogP contribution in [0.15, 0.2) is 24.5 Å². The molecule has 3 rings (SSSR count). The summed E-state index contributed by atoms with van der Waals surface area (Å²) >= 11 is 0. The summed E-state index contributed by atoms with van der Waals surface area (Å²) in [5.41, 5.74) is 0.910. The maximum absolute atomic E-state index is 12.5. The fraction of sp³-hybridized carbons (Fsp3) is 0.667. The molecule has 148 valence electrons. The molecule has 6 heteroatoms. The molecule has 2 aliphatic rings. The van der Waals surface area contributed by atoms with Gasteiger partial charge in [-0.3, -0.25) is 19.5 Å². The number of hydrogen-bond donors (Lipinski definition) is 2. The third kappa shape index (κ3) is 5.76. The van der Waals surface area contributed by atoms with Crippen molar-refractivity contribution >= 4 is 11.8 Å². The van der Waals surface area contributed by atoms with E-state index in [1.807, 2.05) is 19.1 Å². The Morgan fingerprint density at radius 2 is 2.07 bits per heavy atom. The van der Waals surface area contributed by atoms with Gasteiger partial charge in [-0.2, -0.15) is 0 Å². The Morgan fingerprint density at radius 3 is 2.78 bits per heavy atom. The van der Waals surface area contributed by atoms with Gasteiger partial charge in [-0.05, 0) is 43.7 Å². The number of carbonyl (C=O) groups excluding carboxylic acids is 2. The second kappa shape index (κ2) is 9.83. The van der Waals surface area contributed by atoms with Gasteiger partial charge in [0.05, 0.1) is 12.5 Å². The van der Waals surface area contributed by atoms with E-state index in [0.717, 1.165) is 18.7 Å². The summed E-state index contributed by atoms with van der Waals surface area (Å²) in [7, 11) is 0. The molecule has 0 aromatic carbocycles. The van der Waals surface area contributed by atoms with Crippen molar-refractivity contribution in [3.8, 4) is 0 Å². The van der Waals surface area contributed by atoms with Crippen LogP contribution in [-0.2, 0) is 16.0 Å². The number of rotatable bonds is 7. The number of nitrogens with one attached hydrogen (secondary N) is 2. The lowest BCUT2D eigenvalue weighted by Gasteiger charge is -2.30. The zero-order valence-corrected chi connectivity index (χ0v) is 16.3. The van der Waals surface area contributed by atoms with Gasteiger partial charge in [-0.15, -0.1) is 0 Å². The predicted molar refractivity (Wildman–Crippen MR) is 105 cm³/mol. The lowest BCUT2D eigenvalue weighted by Crippen LogP contribution is -2.45. The number of hydrogen-bond acceptors (Lipinski definition) is 4. The number of nitrogens with zero attached hydrogens (tertiary/aromatic N) is 2. The largest absolute Gasteiger partial charge is 0.355 e. The normalized spacial score (nSPS) is 23.9. The first kappa shape index (κ1) is 19.8. The van der Waals surface area contributed by atoms with Crippen LogP contribution in [0.3, 0.4) is 0 Å². The minimum Gasteiger partial charge on any atom is -0.355 e. The van der Waals surface area contributed by atoms with Gasteiger partial charge in [-0.1, -0.05) is 25.3 Å². The molecule has 2 amide bonds. The summed E-state index contributed by atoms with van der Waals surface area (Å²) in [6.07, 6.45) is 10.9. The summed E-state index contributed by atoms with van der Waals surface area (Å²) < 4.78 is 0. The van der Waals surface area contributed by atoms with E-state index < -0.39 is 0 Å². The van der Waals surface area contributed by atoms with Crippen molar-refractivity contribution in [3.05, 3.63) is 30.1 Å². The number of carbonyl (C=O) groups is 2. The zero-order valence-electron chi connectivity index (χ0n) is 16.3. The summed E-state index contributed by atoms with van der Waals surface area (Å²) in [5, 5.41) is 6.10. The highest BCUT2D eigenvalue weighted by Crippen LogP contribution is 2.28. The molecule has 0 bridgehead atoms. The number of aromatic nitrogens is 1. The summed E-state index contributed by atoms with van der Waals surface area (Å²) in [6, 6.07) is 3.66. The SMILES string of the molecule is CCNC(=O)[C@@H]1C[C@@H](NC(=O)Cc2cccnc2)CN1CC1CCCCC1. The van der Waals surface area contributed by atoms with Gasteiger partial charge < -0.3 is 10.6 Å². The Labute approximate surface area is 162 Å². The lowest BCUT2D eigenvalue weighted by atomic mass is 9.89. The van der Waals surface area contributed by atoms with E-state index in [1.54, 1.807) is 12.4 Å². The molecule has 2 N–H and O–H groups in total. The molecule has 1 aromatic rings. The van der Waals surface area contributed by atoms with Crippen LogP contribution in [0.2, 0.25) is 0 Å². The van der Waals surface area contributed by atoms with Gasteiger partial charge in [0.1, 0.15) is 0 Å². The molecule has 0 radical (unpaired) electrons. The van der Waals surface area contributed by atoms with E-state index in [0.29, 0.717) is 25.3 Å². The van der Waals surface area contributed by atoms with Crippen molar-refractivity contribution in [3.63, 3.8) is 0 Å². The number of amides is 2. The molecule has 6 nitrogen and oxygen atoms in total. The zero-order chi connectivity index (χ0) is 19.1. The number of likely N-dealkylation sites (N-methyl/N-ethyl adjacent to an activating group) is 1. The quantitative estimate of drug-likeness (QED) is 0.767. The maximum atomic E-state index is 12.5. The van der Waals surface area contributed by atoms with Crippen molar-refractivity contribution < 1.29 is 9.59 Å². The van der Waals surface area contributed by atoms with E-state index in [9.17, 15) is 9.59 Å². The van der Waals surface area contributed by atoms with E-state index in [2.05, 4.69) is 20.5 Å². The Balaban J connectivity index is 1.57. The molecule has 1 saturated carbocycles. The van der Waals surface area contributed by atoms with Crippen molar-refractivity contribution in [1.29, 1.82) is 0 Å². The third-order valence-electron chi connectivity index (χ3n) is 5.73. The van der Waals surface area contributed by atoms with Crippen molar-refractivity contribution in [2.45, 2.75) is 64.0 Å². The van der Waals surface area contributed by atoms with Gasteiger partial charge in [0.15, 0.2) is 0 Å². The second-order valence-corrected chi connectivity index (χ2v) is 7.91. The lowest BCUT2D eigenvalue weighted by molar-refractivity contribution is -0.125. The number of pyridine rings is 1. The molecular weight excluding hydrogens is 340 g/mol. The van der Waals surface area contributed by atoms with Gasteiger partial charge in [-0.25, -0.2) is 0 Å². The fourth-order valence-corrected chi connectivity index (χ4v) is 4.44. The second-order valence-electron chi connectivity index (χ2n) is 7.91. The summed E-state index contributed by atoms with van der Waals surface area (Å²) in [6.45, 7) is 4.32. The van der Waals surface area contributed by atoms with E-state index in [-0.39, 0.29) is 23.9 Å². The molecule has 2 heterocycles. The van der Waals surface area contributed by atoms with Gasteiger partial charge in [0, 0.05) is 38.1 Å². The van der Waals surface area contributed by atoms with Crippen LogP contribution in [0.25, 0.3) is 0 Å². The maximum Gasteiger partial charge on any atom is 0.237 e. The van der Waals surface area contributed by atoms with Crippen molar-refractivity contribution in [2.75, 3.05) is 19.6 Å². The minimum absolute atomic E-state index is 0.00201. The Kier molecular flexibility index (Phi) is 7.21. The van der Waals surface area contributed by atoms with Crippen LogP contribution in [0.4, 0.5) is 0 Å². The average Bonchev–Trinajstić information content (AvgIpc) is 3.05.